The predicted molar refractivity (Wildman–Crippen MR) is 178 cm³/mol. The van der Waals surface area contributed by atoms with Gasteiger partial charge >= 0.3 is 17.9 Å². The topological polar surface area (TPSA) is 110 Å². The summed E-state index contributed by atoms with van der Waals surface area (Å²) in [4.78, 5) is 36.4. The number of fused-ring (bicyclic) bond motifs is 1. The number of hydrogen-bond acceptors (Lipinski definition) is 5. The number of benzene rings is 2. The van der Waals surface area contributed by atoms with Crippen LogP contribution in [0.5, 0.6) is 11.5 Å². The number of hydrogen-bond donors (Lipinski definition) is 2. The summed E-state index contributed by atoms with van der Waals surface area (Å²) >= 11 is 0. The van der Waals surface area contributed by atoms with Crippen molar-refractivity contribution in [3.05, 3.63) is 92.1 Å². The molecule has 0 saturated heterocycles. The smallest absolute Gasteiger partial charge is 0.344 e. The van der Waals surface area contributed by atoms with E-state index >= 15 is 0 Å². The minimum atomic E-state index is -1.34. The lowest BCUT2D eigenvalue weighted by Crippen LogP contribution is -2.37. The van der Waals surface area contributed by atoms with Crippen LogP contribution < -0.4 is 9.47 Å². The zero-order chi connectivity index (χ0) is 33.5. The average Bonchev–Trinajstić information content (AvgIpc) is 2.97. The van der Waals surface area contributed by atoms with E-state index in [2.05, 4.69) is 52.8 Å². The summed E-state index contributed by atoms with van der Waals surface area (Å²) in [6.45, 7) is 16.5. The highest BCUT2D eigenvalue weighted by molar-refractivity contribution is 6.05. The first-order valence-electron chi connectivity index (χ1n) is 15.7. The minimum absolute atomic E-state index is 0.197. The lowest BCUT2D eigenvalue weighted by molar-refractivity contribution is 0.0553. The number of esters is 1. The van der Waals surface area contributed by atoms with Crippen LogP contribution in [-0.2, 0) is 6.42 Å². The zero-order valence-electron chi connectivity index (χ0n) is 28.1. The highest BCUT2D eigenvalue weighted by atomic mass is 16.5. The first-order chi connectivity index (χ1) is 21.1. The third kappa shape index (κ3) is 9.19. The molecular weight excluding hydrogens is 568 g/mol. The summed E-state index contributed by atoms with van der Waals surface area (Å²) in [5, 5.41) is 18.9. The van der Waals surface area contributed by atoms with Crippen molar-refractivity contribution in [1.82, 2.24) is 0 Å². The first-order valence-corrected chi connectivity index (χ1v) is 15.7. The molecule has 0 fully saturated rings. The van der Waals surface area contributed by atoms with Gasteiger partial charge in [0.2, 0.25) is 0 Å². The number of carboxylic acids is 2. The second-order valence-electron chi connectivity index (χ2n) is 12.8. The van der Waals surface area contributed by atoms with E-state index < -0.39 is 17.9 Å². The van der Waals surface area contributed by atoms with Crippen LogP contribution in [0.3, 0.4) is 0 Å². The molecule has 1 atom stereocenters. The van der Waals surface area contributed by atoms with Gasteiger partial charge in [0, 0.05) is 5.56 Å². The fraction of sp³-hybridized carbons (Fsp3) is 0.447. The molecule has 2 aromatic carbocycles. The van der Waals surface area contributed by atoms with Crippen molar-refractivity contribution >= 4 is 17.9 Å². The molecule has 0 aromatic heterocycles. The van der Waals surface area contributed by atoms with Crippen molar-refractivity contribution < 1.29 is 34.1 Å². The molecule has 3 rings (SSSR count). The molecule has 0 saturated carbocycles. The molecular formula is C38H48O7. The quantitative estimate of drug-likeness (QED) is 0.131. The van der Waals surface area contributed by atoms with Crippen LogP contribution in [0.2, 0.25) is 0 Å². The summed E-state index contributed by atoms with van der Waals surface area (Å²) in [6.07, 6.45) is 14.6. The monoisotopic (exact) mass is 616 g/mol. The Morgan fingerprint density at radius 1 is 0.844 bits per heavy atom. The Morgan fingerprint density at radius 2 is 1.47 bits per heavy atom. The van der Waals surface area contributed by atoms with E-state index in [0.29, 0.717) is 5.75 Å². The highest BCUT2D eigenvalue weighted by Gasteiger charge is 2.35. The van der Waals surface area contributed by atoms with Crippen LogP contribution in [-0.4, -0.2) is 33.7 Å². The maximum Gasteiger partial charge on any atom is 0.344 e. The van der Waals surface area contributed by atoms with Gasteiger partial charge in [-0.25, -0.2) is 14.4 Å². The van der Waals surface area contributed by atoms with Gasteiger partial charge in [0.1, 0.15) is 17.1 Å². The number of carbonyl (C=O) groups is 3. The molecule has 2 aromatic rings. The standard InChI is InChI=1S/C38H48O7/c1-23(2)12-9-13-24(3)14-10-15-25(4)16-11-20-38(8)21-19-30-28(7)33(26(5)27(6)34(30)45-38)44-37(43)32-22-29(35(39)40)17-18-31(32)36(41)42/h12,14,16-18,22H,9-11,13,15,19-21H2,1-8H3,(H,39,40)(H,41,42)/b24-14+,25-16+/t38-/m1/s1. The minimum Gasteiger partial charge on any atom is -0.487 e. The summed E-state index contributed by atoms with van der Waals surface area (Å²) in [6, 6.07) is 3.30. The summed E-state index contributed by atoms with van der Waals surface area (Å²) in [5.74, 6) is -2.37. The molecule has 7 nitrogen and oxygen atoms in total. The van der Waals surface area contributed by atoms with Gasteiger partial charge in [-0.1, -0.05) is 34.9 Å². The predicted octanol–water partition coefficient (Wildman–Crippen LogP) is 9.51. The molecule has 0 amide bonds. The Labute approximate surface area is 267 Å². The number of allylic oxidation sites excluding steroid dienone is 6. The van der Waals surface area contributed by atoms with Crippen LogP contribution in [0.1, 0.15) is 133 Å². The second-order valence-corrected chi connectivity index (χ2v) is 12.8. The molecule has 0 spiro atoms. The fourth-order valence-corrected chi connectivity index (χ4v) is 5.75. The van der Waals surface area contributed by atoms with Gasteiger partial charge in [-0.15, -0.1) is 0 Å². The molecule has 0 radical (unpaired) electrons. The maximum absolute atomic E-state index is 13.2. The van der Waals surface area contributed by atoms with Crippen LogP contribution in [0.15, 0.2) is 53.1 Å². The number of carboxylic acid groups (broad SMARTS) is 2. The van der Waals surface area contributed by atoms with Crippen LogP contribution in [0.4, 0.5) is 0 Å². The molecule has 1 heterocycles. The van der Waals surface area contributed by atoms with Crippen molar-refractivity contribution in [2.24, 2.45) is 0 Å². The van der Waals surface area contributed by atoms with Crippen molar-refractivity contribution in [3.63, 3.8) is 0 Å². The SMILES string of the molecule is CC(C)=CCC/C(C)=C/CC/C(C)=C/CC[C@]1(C)CCc2c(C)c(OC(=O)c3cc(C(=O)O)ccc3C(=O)O)c(C)c(C)c2O1. The van der Waals surface area contributed by atoms with Gasteiger partial charge in [-0.2, -0.15) is 0 Å². The molecule has 0 aliphatic carbocycles. The Hall–Kier alpha value is -4.13. The molecule has 7 heteroatoms. The third-order valence-electron chi connectivity index (χ3n) is 8.76. The van der Waals surface area contributed by atoms with E-state index in [4.69, 9.17) is 9.47 Å². The van der Waals surface area contributed by atoms with Crippen molar-refractivity contribution in [3.8, 4) is 11.5 Å². The average molecular weight is 617 g/mol. The van der Waals surface area contributed by atoms with Gasteiger partial charge in [0.05, 0.1) is 16.7 Å². The number of ether oxygens (including phenoxy) is 2. The van der Waals surface area contributed by atoms with Gasteiger partial charge in [0.25, 0.3) is 0 Å². The Morgan fingerprint density at radius 3 is 2.07 bits per heavy atom. The van der Waals surface area contributed by atoms with Crippen molar-refractivity contribution in [1.29, 1.82) is 0 Å². The number of aromatic carboxylic acids is 2. The Balaban J connectivity index is 1.71. The van der Waals surface area contributed by atoms with E-state index in [9.17, 15) is 24.6 Å². The molecule has 1 aliphatic rings. The summed E-state index contributed by atoms with van der Waals surface area (Å²) < 4.78 is 12.5. The third-order valence-corrected chi connectivity index (χ3v) is 8.76. The van der Waals surface area contributed by atoms with Crippen LogP contribution >= 0.6 is 0 Å². The van der Waals surface area contributed by atoms with E-state index in [0.717, 1.165) is 97.6 Å². The number of rotatable bonds is 13. The van der Waals surface area contributed by atoms with Gasteiger partial charge in [-0.3, -0.25) is 0 Å². The lowest BCUT2D eigenvalue weighted by atomic mass is 9.85. The van der Waals surface area contributed by atoms with Gasteiger partial charge in [-0.05, 0) is 142 Å². The molecule has 1 aliphatic heterocycles. The first kappa shape index (κ1) is 35.4. The molecule has 0 unspecified atom stereocenters. The van der Waals surface area contributed by atoms with Gasteiger partial charge in [0.15, 0.2) is 0 Å². The molecule has 45 heavy (non-hydrogen) atoms. The maximum atomic E-state index is 13.2. The largest absolute Gasteiger partial charge is 0.487 e. The van der Waals surface area contributed by atoms with Crippen molar-refractivity contribution in [2.75, 3.05) is 0 Å². The fourth-order valence-electron chi connectivity index (χ4n) is 5.75. The summed E-state index contributed by atoms with van der Waals surface area (Å²) in [5.41, 5.74) is 6.34. The molecule has 2 N–H and O–H groups in total. The van der Waals surface area contributed by atoms with E-state index in [-0.39, 0.29) is 22.3 Å². The second kappa shape index (κ2) is 15.2. The molecule has 0 bridgehead atoms. The Kier molecular flexibility index (Phi) is 12.0. The van der Waals surface area contributed by atoms with E-state index in [1.165, 1.54) is 16.7 Å². The lowest BCUT2D eigenvalue weighted by Gasteiger charge is -2.38. The zero-order valence-corrected chi connectivity index (χ0v) is 28.1. The van der Waals surface area contributed by atoms with Crippen LogP contribution in [0.25, 0.3) is 0 Å². The van der Waals surface area contributed by atoms with Gasteiger partial charge < -0.3 is 19.7 Å². The normalized spacial score (nSPS) is 16.4. The number of carbonyl (C=O) groups excluding carboxylic acids is 1. The van der Waals surface area contributed by atoms with Crippen molar-refractivity contribution in [2.45, 2.75) is 112 Å². The highest BCUT2D eigenvalue weighted by Crippen LogP contribution is 2.45. The molecule has 242 valence electrons. The summed E-state index contributed by atoms with van der Waals surface area (Å²) in [7, 11) is 0. The Bertz CT molecular complexity index is 1550. The van der Waals surface area contributed by atoms with E-state index in [1.807, 2.05) is 20.8 Å². The van der Waals surface area contributed by atoms with E-state index in [1.54, 1.807) is 0 Å². The van der Waals surface area contributed by atoms with Crippen LogP contribution in [0, 0.1) is 20.8 Å².